The van der Waals surface area contributed by atoms with Crippen LogP contribution in [0.1, 0.15) is 0 Å². The van der Waals surface area contributed by atoms with Gasteiger partial charge in [0.15, 0.2) is 5.13 Å². The average molecular weight is 250 g/mol. The van der Waals surface area contributed by atoms with Gasteiger partial charge in [-0.15, -0.1) is 0 Å². The Balaban J connectivity index is 2.01. The van der Waals surface area contributed by atoms with Gasteiger partial charge in [0, 0.05) is 11.6 Å². The first-order chi connectivity index (χ1) is 8.92. The van der Waals surface area contributed by atoms with E-state index >= 15 is 0 Å². The highest BCUT2D eigenvalue weighted by molar-refractivity contribution is 7.20. The van der Waals surface area contributed by atoms with Crippen molar-refractivity contribution in [2.24, 2.45) is 0 Å². The summed E-state index contributed by atoms with van der Waals surface area (Å²) in [6, 6.07) is 18.8. The van der Waals surface area contributed by atoms with Crippen LogP contribution in [0.5, 0.6) is 0 Å². The average Bonchev–Trinajstić information content (AvgIpc) is 3.02. The molecule has 0 saturated heterocycles. The van der Waals surface area contributed by atoms with Crippen molar-refractivity contribution < 1.29 is 0 Å². The molecule has 3 heteroatoms. The molecule has 0 radical (unpaired) electrons. The number of hydrogen-bond acceptors (Lipinski definition) is 2. The maximum Gasteiger partial charge on any atom is 0.195 e. The van der Waals surface area contributed by atoms with Crippen LogP contribution < -0.4 is 0 Å². The lowest BCUT2D eigenvalue weighted by Crippen LogP contribution is -1.89. The highest BCUT2D eigenvalue weighted by atomic mass is 32.1. The Morgan fingerprint density at radius 2 is 1.72 bits per heavy atom. The first-order valence-corrected chi connectivity index (χ1v) is 6.65. The molecule has 0 saturated carbocycles. The molecular weight excluding hydrogens is 240 g/mol. The summed E-state index contributed by atoms with van der Waals surface area (Å²) >= 11 is 1.72. The third-order valence-corrected chi connectivity index (χ3v) is 4.12. The number of fused-ring (bicyclic) bond motifs is 2. The van der Waals surface area contributed by atoms with Crippen LogP contribution in [-0.4, -0.2) is 9.55 Å². The number of benzene rings is 2. The minimum Gasteiger partial charge on any atom is -0.293 e. The van der Waals surface area contributed by atoms with Gasteiger partial charge in [0.25, 0.3) is 0 Å². The molecule has 2 heterocycles. The Bertz CT molecular complexity index is 809. The number of para-hydroxylation sites is 2. The first-order valence-electron chi connectivity index (χ1n) is 5.84. The predicted molar refractivity (Wildman–Crippen MR) is 76.5 cm³/mol. The lowest BCUT2D eigenvalue weighted by Gasteiger charge is -1.98. The van der Waals surface area contributed by atoms with Gasteiger partial charge in [-0.1, -0.05) is 41.7 Å². The van der Waals surface area contributed by atoms with Crippen LogP contribution in [-0.2, 0) is 0 Å². The summed E-state index contributed by atoms with van der Waals surface area (Å²) in [4.78, 5) is 4.69. The molecule has 0 unspecified atom stereocenters. The van der Waals surface area contributed by atoms with Crippen LogP contribution in [0.4, 0.5) is 0 Å². The maximum atomic E-state index is 4.69. The molecule has 18 heavy (non-hydrogen) atoms. The van der Waals surface area contributed by atoms with E-state index < -0.39 is 0 Å². The smallest absolute Gasteiger partial charge is 0.195 e. The summed E-state index contributed by atoms with van der Waals surface area (Å²) in [6.45, 7) is 0. The Kier molecular flexibility index (Phi) is 2.02. The van der Waals surface area contributed by atoms with Gasteiger partial charge in [0.1, 0.15) is 0 Å². The Labute approximate surface area is 108 Å². The Morgan fingerprint density at radius 1 is 0.889 bits per heavy atom. The van der Waals surface area contributed by atoms with Gasteiger partial charge in [-0.05, 0) is 24.3 Å². The third kappa shape index (κ3) is 1.38. The monoisotopic (exact) mass is 250 g/mol. The van der Waals surface area contributed by atoms with Crippen LogP contribution in [0.2, 0.25) is 0 Å². The van der Waals surface area contributed by atoms with Crippen molar-refractivity contribution >= 4 is 32.5 Å². The summed E-state index contributed by atoms with van der Waals surface area (Å²) < 4.78 is 3.38. The van der Waals surface area contributed by atoms with Crippen LogP contribution in [0, 0.1) is 0 Å². The zero-order valence-electron chi connectivity index (χ0n) is 9.58. The van der Waals surface area contributed by atoms with Gasteiger partial charge in [-0.25, -0.2) is 4.98 Å². The molecule has 2 aromatic carbocycles. The predicted octanol–water partition coefficient (Wildman–Crippen LogP) is 4.24. The highest BCUT2D eigenvalue weighted by Gasteiger charge is 2.07. The van der Waals surface area contributed by atoms with E-state index in [0.717, 1.165) is 10.6 Å². The lowest BCUT2D eigenvalue weighted by molar-refractivity contribution is 1.10. The van der Waals surface area contributed by atoms with E-state index in [4.69, 9.17) is 0 Å². The molecule has 0 aliphatic carbocycles. The zero-order chi connectivity index (χ0) is 11.9. The molecule has 0 fully saturated rings. The minimum atomic E-state index is 1.03. The van der Waals surface area contributed by atoms with E-state index in [-0.39, 0.29) is 0 Å². The molecule has 86 valence electrons. The molecule has 0 aliphatic rings. The van der Waals surface area contributed by atoms with E-state index in [1.807, 2.05) is 6.07 Å². The van der Waals surface area contributed by atoms with Gasteiger partial charge in [-0.3, -0.25) is 4.57 Å². The van der Waals surface area contributed by atoms with Crippen LogP contribution in [0.15, 0.2) is 60.8 Å². The number of nitrogens with zero attached hydrogens (tertiary/aromatic N) is 2. The summed E-state index contributed by atoms with van der Waals surface area (Å²) in [5.74, 6) is 0. The van der Waals surface area contributed by atoms with Crippen molar-refractivity contribution in [3.05, 3.63) is 60.8 Å². The van der Waals surface area contributed by atoms with E-state index in [2.05, 4.69) is 64.3 Å². The summed E-state index contributed by atoms with van der Waals surface area (Å²) in [6.07, 6.45) is 2.09. The van der Waals surface area contributed by atoms with E-state index in [1.54, 1.807) is 11.3 Å². The SMILES string of the molecule is c1ccc2c(c1)ccn2-c1nc2ccccc2s1. The minimum absolute atomic E-state index is 1.03. The van der Waals surface area contributed by atoms with E-state index in [0.29, 0.717) is 0 Å². The first kappa shape index (κ1) is 9.85. The molecule has 0 aliphatic heterocycles. The van der Waals surface area contributed by atoms with Crippen LogP contribution in [0.25, 0.3) is 26.3 Å². The second-order valence-electron chi connectivity index (χ2n) is 4.21. The highest BCUT2D eigenvalue weighted by Crippen LogP contribution is 2.27. The van der Waals surface area contributed by atoms with Crippen molar-refractivity contribution in [2.75, 3.05) is 0 Å². The molecular formula is C15H10N2S. The number of hydrogen-bond donors (Lipinski definition) is 0. The molecule has 0 spiro atoms. The van der Waals surface area contributed by atoms with Crippen LogP contribution >= 0.6 is 11.3 Å². The van der Waals surface area contributed by atoms with Crippen LogP contribution in [0.3, 0.4) is 0 Å². The number of rotatable bonds is 1. The standard InChI is InChI=1S/C15H10N2S/c1-3-7-13-11(5-1)9-10-17(13)15-16-12-6-2-4-8-14(12)18-15/h1-10H. The van der Waals surface area contributed by atoms with E-state index in [1.165, 1.54) is 15.6 Å². The third-order valence-electron chi connectivity index (χ3n) is 3.09. The number of thiazole rings is 1. The molecule has 0 bridgehead atoms. The summed E-state index contributed by atoms with van der Waals surface area (Å²) in [5, 5.41) is 2.27. The lowest BCUT2D eigenvalue weighted by atomic mass is 10.2. The Morgan fingerprint density at radius 3 is 2.67 bits per heavy atom. The number of aromatic nitrogens is 2. The van der Waals surface area contributed by atoms with Gasteiger partial charge >= 0.3 is 0 Å². The van der Waals surface area contributed by atoms with Gasteiger partial charge in [0.05, 0.1) is 15.7 Å². The molecule has 4 rings (SSSR count). The molecule has 4 aromatic rings. The second-order valence-corrected chi connectivity index (χ2v) is 5.22. The van der Waals surface area contributed by atoms with Gasteiger partial charge in [0.2, 0.25) is 0 Å². The summed E-state index contributed by atoms with van der Waals surface area (Å²) in [7, 11) is 0. The van der Waals surface area contributed by atoms with Crippen molar-refractivity contribution in [2.45, 2.75) is 0 Å². The second kappa shape index (κ2) is 3.68. The zero-order valence-corrected chi connectivity index (χ0v) is 10.4. The van der Waals surface area contributed by atoms with Crippen molar-refractivity contribution in [1.29, 1.82) is 0 Å². The van der Waals surface area contributed by atoms with Crippen molar-refractivity contribution in [3.63, 3.8) is 0 Å². The molecule has 0 amide bonds. The molecule has 2 nitrogen and oxygen atoms in total. The topological polar surface area (TPSA) is 17.8 Å². The van der Waals surface area contributed by atoms with Gasteiger partial charge < -0.3 is 0 Å². The normalized spacial score (nSPS) is 11.3. The fourth-order valence-electron chi connectivity index (χ4n) is 2.21. The van der Waals surface area contributed by atoms with Crippen molar-refractivity contribution in [1.82, 2.24) is 9.55 Å². The van der Waals surface area contributed by atoms with E-state index in [9.17, 15) is 0 Å². The quantitative estimate of drug-likeness (QED) is 0.494. The fraction of sp³-hybridized carbons (Fsp3) is 0. The van der Waals surface area contributed by atoms with Gasteiger partial charge in [-0.2, -0.15) is 0 Å². The molecule has 0 atom stereocenters. The molecule has 2 aromatic heterocycles. The largest absolute Gasteiger partial charge is 0.293 e. The van der Waals surface area contributed by atoms with Crippen molar-refractivity contribution in [3.8, 4) is 5.13 Å². The fourth-order valence-corrected chi connectivity index (χ4v) is 3.18. The maximum absolute atomic E-state index is 4.69. The summed E-state index contributed by atoms with van der Waals surface area (Å²) in [5.41, 5.74) is 2.27. The molecule has 0 N–H and O–H groups in total. The Hall–Kier alpha value is -2.13.